The molecule has 0 aromatic heterocycles. The van der Waals surface area contributed by atoms with Crippen LogP contribution in [0.2, 0.25) is 10.0 Å². The molecule has 2 heterocycles. The van der Waals surface area contributed by atoms with Crippen molar-refractivity contribution < 1.29 is 4.74 Å². The third-order valence-electron chi connectivity index (χ3n) is 5.60. The Morgan fingerprint density at radius 2 is 1.80 bits per heavy atom. The lowest BCUT2D eigenvalue weighted by Crippen LogP contribution is -2.34. The number of hydrogen-bond acceptors (Lipinski definition) is 2. The minimum absolute atomic E-state index is 0.545. The van der Waals surface area contributed by atoms with E-state index in [0.29, 0.717) is 21.9 Å². The molecule has 1 atom stereocenters. The monoisotopic (exact) mass is 375 g/mol. The zero-order valence-electron chi connectivity index (χ0n) is 14.3. The van der Waals surface area contributed by atoms with E-state index in [1.54, 1.807) is 0 Å². The van der Waals surface area contributed by atoms with Crippen molar-refractivity contribution in [3.8, 4) is 5.75 Å². The van der Waals surface area contributed by atoms with Crippen LogP contribution in [0.4, 0.5) is 0 Å². The van der Waals surface area contributed by atoms with Gasteiger partial charge in [0.15, 0.2) is 0 Å². The van der Waals surface area contributed by atoms with Crippen LogP contribution in [0.5, 0.6) is 5.75 Å². The number of piperidine rings is 1. The van der Waals surface area contributed by atoms with Crippen molar-refractivity contribution in [3.05, 3.63) is 63.6 Å². The smallest absolute Gasteiger partial charge is 0.122 e. The van der Waals surface area contributed by atoms with Gasteiger partial charge < -0.3 is 9.64 Å². The highest BCUT2D eigenvalue weighted by atomic mass is 35.5. The van der Waals surface area contributed by atoms with Crippen LogP contribution >= 0.6 is 23.2 Å². The Hall–Kier alpha value is -1.22. The lowest BCUT2D eigenvalue weighted by atomic mass is 9.89. The summed E-state index contributed by atoms with van der Waals surface area (Å²) in [6.45, 7) is 4.29. The van der Waals surface area contributed by atoms with E-state index >= 15 is 0 Å². The highest BCUT2D eigenvalue weighted by Gasteiger charge is 2.26. The first-order chi connectivity index (χ1) is 12.2. The predicted molar refractivity (Wildman–Crippen MR) is 104 cm³/mol. The SMILES string of the molecule is Clc1ccc(C2CCN(CCC3COc4ccccc43)CC2)cc1Cl. The van der Waals surface area contributed by atoms with Crippen LogP contribution in [0, 0.1) is 0 Å². The van der Waals surface area contributed by atoms with Gasteiger partial charge in [-0.25, -0.2) is 0 Å². The molecule has 25 heavy (non-hydrogen) atoms. The summed E-state index contributed by atoms with van der Waals surface area (Å²) in [5.41, 5.74) is 2.71. The summed E-state index contributed by atoms with van der Waals surface area (Å²) in [6, 6.07) is 14.5. The van der Waals surface area contributed by atoms with E-state index < -0.39 is 0 Å². The van der Waals surface area contributed by atoms with Crippen LogP contribution in [-0.2, 0) is 0 Å². The van der Waals surface area contributed by atoms with Gasteiger partial charge in [-0.1, -0.05) is 47.5 Å². The normalized spacial score (nSPS) is 21.1. The number of nitrogens with zero attached hydrogens (tertiary/aromatic N) is 1. The topological polar surface area (TPSA) is 12.5 Å². The maximum atomic E-state index is 6.17. The quantitative estimate of drug-likeness (QED) is 0.675. The molecule has 2 nitrogen and oxygen atoms in total. The summed E-state index contributed by atoms with van der Waals surface area (Å²) >= 11 is 12.2. The second-order valence-corrected chi connectivity index (χ2v) is 7.94. The van der Waals surface area contributed by atoms with E-state index in [4.69, 9.17) is 27.9 Å². The molecule has 2 aliphatic rings. The molecule has 0 aliphatic carbocycles. The molecule has 0 N–H and O–H groups in total. The van der Waals surface area contributed by atoms with Crippen molar-refractivity contribution in [1.29, 1.82) is 0 Å². The summed E-state index contributed by atoms with van der Waals surface area (Å²) in [7, 11) is 0. The second kappa shape index (κ2) is 7.57. The van der Waals surface area contributed by atoms with Crippen molar-refractivity contribution in [2.75, 3.05) is 26.2 Å². The first-order valence-electron chi connectivity index (χ1n) is 9.10. The molecule has 0 radical (unpaired) electrons. The number of para-hydroxylation sites is 1. The van der Waals surface area contributed by atoms with Crippen LogP contribution in [0.15, 0.2) is 42.5 Å². The Kier molecular flexibility index (Phi) is 5.21. The minimum Gasteiger partial charge on any atom is -0.493 e. The van der Waals surface area contributed by atoms with Crippen molar-refractivity contribution in [1.82, 2.24) is 4.90 Å². The van der Waals surface area contributed by atoms with E-state index in [1.165, 1.54) is 30.4 Å². The first kappa shape index (κ1) is 17.2. The highest BCUT2D eigenvalue weighted by Crippen LogP contribution is 2.36. The van der Waals surface area contributed by atoms with Crippen LogP contribution < -0.4 is 4.74 Å². The summed E-state index contributed by atoms with van der Waals surface area (Å²) in [5, 5.41) is 1.31. The van der Waals surface area contributed by atoms with Crippen LogP contribution in [-0.4, -0.2) is 31.1 Å². The van der Waals surface area contributed by atoms with Gasteiger partial charge in [0, 0.05) is 11.5 Å². The molecule has 1 fully saturated rings. The molecule has 0 amide bonds. The van der Waals surface area contributed by atoms with Gasteiger partial charge in [-0.3, -0.25) is 0 Å². The molecule has 0 saturated carbocycles. The van der Waals surface area contributed by atoms with E-state index in [-0.39, 0.29) is 0 Å². The first-order valence-corrected chi connectivity index (χ1v) is 9.85. The molecule has 0 spiro atoms. The Labute approximate surface area is 159 Å². The van der Waals surface area contributed by atoms with Gasteiger partial charge in [-0.05, 0) is 68.6 Å². The van der Waals surface area contributed by atoms with Crippen LogP contribution in [0.3, 0.4) is 0 Å². The maximum Gasteiger partial charge on any atom is 0.122 e. The summed E-state index contributed by atoms with van der Waals surface area (Å²) in [4.78, 5) is 2.59. The van der Waals surface area contributed by atoms with Crippen molar-refractivity contribution in [2.24, 2.45) is 0 Å². The number of benzene rings is 2. The van der Waals surface area contributed by atoms with Crippen molar-refractivity contribution in [2.45, 2.75) is 31.1 Å². The van der Waals surface area contributed by atoms with E-state index in [0.717, 1.165) is 32.0 Å². The number of hydrogen-bond donors (Lipinski definition) is 0. The average Bonchev–Trinajstić information content (AvgIpc) is 3.06. The van der Waals surface area contributed by atoms with Crippen molar-refractivity contribution in [3.63, 3.8) is 0 Å². The molecule has 0 bridgehead atoms. The Bertz CT molecular complexity index is 740. The zero-order chi connectivity index (χ0) is 17.2. The molecule has 132 valence electrons. The zero-order valence-corrected chi connectivity index (χ0v) is 15.8. The van der Waals surface area contributed by atoms with E-state index in [1.807, 2.05) is 12.1 Å². The highest BCUT2D eigenvalue weighted by molar-refractivity contribution is 6.42. The van der Waals surface area contributed by atoms with Gasteiger partial charge in [0.25, 0.3) is 0 Å². The summed E-state index contributed by atoms with van der Waals surface area (Å²) < 4.78 is 5.80. The van der Waals surface area contributed by atoms with Gasteiger partial charge in [0.1, 0.15) is 5.75 Å². The molecule has 4 rings (SSSR count). The maximum absolute atomic E-state index is 6.17. The van der Waals surface area contributed by atoms with Gasteiger partial charge in [-0.15, -0.1) is 0 Å². The van der Waals surface area contributed by atoms with Crippen LogP contribution in [0.25, 0.3) is 0 Å². The number of rotatable bonds is 4. The third-order valence-corrected chi connectivity index (χ3v) is 6.33. The fourth-order valence-corrected chi connectivity index (χ4v) is 4.37. The fraction of sp³-hybridized carbons (Fsp3) is 0.429. The number of likely N-dealkylation sites (tertiary alicyclic amines) is 1. The Morgan fingerprint density at radius 1 is 1.00 bits per heavy atom. The number of ether oxygens (including phenoxy) is 1. The van der Waals surface area contributed by atoms with Gasteiger partial charge >= 0.3 is 0 Å². The molecule has 2 aromatic carbocycles. The Balaban J connectivity index is 1.29. The Morgan fingerprint density at radius 3 is 2.60 bits per heavy atom. The lowest BCUT2D eigenvalue weighted by Gasteiger charge is -2.32. The average molecular weight is 376 g/mol. The molecule has 1 saturated heterocycles. The lowest BCUT2D eigenvalue weighted by molar-refractivity contribution is 0.201. The molecule has 2 aromatic rings. The number of halogens is 2. The molecular formula is C21H23Cl2NO. The second-order valence-electron chi connectivity index (χ2n) is 7.12. The number of fused-ring (bicyclic) bond motifs is 1. The standard InChI is InChI=1S/C21H23Cl2NO/c22-19-6-5-16(13-20(19)23)15-7-10-24(11-8-15)12-9-17-14-25-21-4-2-1-3-18(17)21/h1-6,13,15,17H,7-12,14H2. The van der Waals surface area contributed by atoms with E-state index in [2.05, 4.69) is 35.2 Å². The van der Waals surface area contributed by atoms with Gasteiger partial charge in [0.05, 0.1) is 16.7 Å². The molecule has 1 unspecified atom stereocenters. The summed E-state index contributed by atoms with van der Waals surface area (Å²) in [5.74, 6) is 2.22. The van der Waals surface area contributed by atoms with Crippen molar-refractivity contribution >= 4 is 23.2 Å². The van der Waals surface area contributed by atoms with Crippen LogP contribution in [0.1, 0.15) is 42.2 Å². The summed E-state index contributed by atoms with van der Waals surface area (Å²) in [6.07, 6.45) is 3.56. The van der Waals surface area contributed by atoms with Gasteiger partial charge in [0.2, 0.25) is 0 Å². The third kappa shape index (κ3) is 3.81. The molecular weight excluding hydrogens is 353 g/mol. The predicted octanol–water partition coefficient (Wildman–Crippen LogP) is 5.74. The minimum atomic E-state index is 0.545. The molecule has 2 aliphatic heterocycles. The largest absolute Gasteiger partial charge is 0.493 e. The fourth-order valence-electron chi connectivity index (χ4n) is 4.06. The van der Waals surface area contributed by atoms with E-state index in [9.17, 15) is 0 Å². The molecule has 4 heteroatoms. The van der Waals surface area contributed by atoms with Gasteiger partial charge in [-0.2, -0.15) is 0 Å².